The molecule has 0 aromatic carbocycles. The van der Waals surface area contributed by atoms with Gasteiger partial charge in [-0.2, -0.15) is 0 Å². The molecule has 0 saturated carbocycles. The summed E-state index contributed by atoms with van der Waals surface area (Å²) in [6.07, 6.45) is 0.609. The molecule has 0 rings (SSSR count). The fourth-order valence-electron chi connectivity index (χ4n) is 0.254. The Morgan fingerprint density at radius 3 is 1.56 bits per heavy atom. The van der Waals surface area contributed by atoms with Crippen LogP contribution in [0.2, 0.25) is 0 Å². The van der Waals surface area contributed by atoms with E-state index in [0.29, 0.717) is 12.2 Å². The fraction of sp³-hybridized carbons (Fsp3) is 1.00. The summed E-state index contributed by atoms with van der Waals surface area (Å²) in [5.41, 5.74) is 0. The molecule has 0 N–H and O–H groups in total. The standard InChI is InChI=1S/2C3H7O.Al.H2/c2*1-3(2)4;;/h2*3H,1-2H3;;1H/q2*-1;+2;. The quantitative estimate of drug-likeness (QED) is 0.562. The average molecular weight is 147 g/mol. The molecule has 3 heteroatoms. The van der Waals surface area contributed by atoms with Gasteiger partial charge in [-0.05, 0) is 27.7 Å². The van der Waals surface area contributed by atoms with Crippen molar-refractivity contribution in [3.63, 3.8) is 0 Å². The van der Waals surface area contributed by atoms with Gasteiger partial charge in [0.1, 0.15) is 0 Å². The molecule has 55 valence electrons. The molecule has 0 bridgehead atoms. The molecule has 0 aromatic rings. The first kappa shape index (κ1) is 9.45. The van der Waals surface area contributed by atoms with E-state index in [4.69, 9.17) is 7.58 Å². The van der Waals surface area contributed by atoms with E-state index in [2.05, 4.69) is 0 Å². The summed E-state index contributed by atoms with van der Waals surface area (Å²) in [7, 11) is 0. The van der Waals surface area contributed by atoms with Crippen molar-refractivity contribution in [3.8, 4) is 0 Å². The molecule has 0 fully saturated rings. The molecule has 9 heavy (non-hydrogen) atoms. The highest BCUT2D eigenvalue weighted by Gasteiger charge is 2.01. The number of hydrogen-bond donors (Lipinski definition) is 0. The summed E-state index contributed by atoms with van der Waals surface area (Å²) < 4.78 is 10.4. The Bertz CT molecular complexity index is 60.8. The zero-order chi connectivity index (χ0) is 7.28. The fourth-order valence-corrected chi connectivity index (χ4v) is 0.763. The van der Waals surface area contributed by atoms with Crippen molar-refractivity contribution >= 4 is 15.9 Å². The van der Waals surface area contributed by atoms with Gasteiger partial charge in [0.2, 0.25) is 0 Å². The summed E-state index contributed by atoms with van der Waals surface area (Å²) in [6.45, 7) is 8.04. The van der Waals surface area contributed by atoms with Gasteiger partial charge in [-0.15, -0.1) is 0 Å². The van der Waals surface area contributed by atoms with Crippen LogP contribution in [0.15, 0.2) is 0 Å². The average Bonchev–Trinajstić information content (AvgIpc) is 1.63. The summed E-state index contributed by atoms with van der Waals surface area (Å²) >= 11 is -0.245. The molecule has 0 aromatic heterocycles. The van der Waals surface area contributed by atoms with Crippen LogP contribution in [-0.4, -0.2) is 28.1 Å². The van der Waals surface area contributed by atoms with E-state index in [1.165, 1.54) is 0 Å². The maximum atomic E-state index is 5.21. The topological polar surface area (TPSA) is 18.5 Å². The first-order chi connectivity index (χ1) is 4.13. The maximum absolute atomic E-state index is 5.21. The van der Waals surface area contributed by atoms with Gasteiger partial charge in [-0.1, -0.05) is 0 Å². The van der Waals surface area contributed by atoms with Crippen molar-refractivity contribution < 1.29 is 9.00 Å². The van der Waals surface area contributed by atoms with Crippen LogP contribution in [-0.2, 0) is 7.58 Å². The minimum atomic E-state index is -0.245. The van der Waals surface area contributed by atoms with E-state index in [-0.39, 0.29) is 17.3 Å². The third-order valence-corrected chi connectivity index (χ3v) is 1.97. The molecule has 0 unspecified atom stereocenters. The van der Waals surface area contributed by atoms with Crippen LogP contribution in [0.4, 0.5) is 0 Å². The van der Waals surface area contributed by atoms with Gasteiger partial charge in [0.15, 0.2) is 0 Å². The summed E-state index contributed by atoms with van der Waals surface area (Å²) in [4.78, 5) is 0. The minimum absolute atomic E-state index is 0. The predicted molar refractivity (Wildman–Crippen MR) is 40.3 cm³/mol. The molecular weight excluding hydrogens is 131 g/mol. The van der Waals surface area contributed by atoms with E-state index in [0.717, 1.165) is 0 Å². The highest BCUT2D eigenvalue weighted by atomic mass is 27.2. The van der Waals surface area contributed by atoms with Gasteiger partial charge in [-0.3, -0.25) is 0 Å². The molecule has 2 nitrogen and oxygen atoms in total. The Labute approximate surface area is 65.4 Å². The first-order valence-corrected chi connectivity index (χ1v) is 4.20. The lowest BCUT2D eigenvalue weighted by molar-refractivity contribution is 0.152. The van der Waals surface area contributed by atoms with Crippen molar-refractivity contribution in [3.05, 3.63) is 0 Å². The second-order valence-electron chi connectivity index (χ2n) is 2.47. The Balaban J connectivity index is 0. The molecule has 0 aliphatic carbocycles. The monoisotopic (exact) mass is 147 g/mol. The molecule has 0 heterocycles. The van der Waals surface area contributed by atoms with E-state index >= 15 is 0 Å². The van der Waals surface area contributed by atoms with Crippen molar-refractivity contribution in [2.24, 2.45) is 0 Å². The predicted octanol–water partition coefficient (Wildman–Crippen LogP) is 1.62. The molecule has 0 aliphatic heterocycles. The minimum Gasteiger partial charge on any atom is -0.482 e. The highest BCUT2D eigenvalue weighted by Crippen LogP contribution is 1.89. The van der Waals surface area contributed by atoms with Crippen molar-refractivity contribution in [2.75, 3.05) is 0 Å². The van der Waals surface area contributed by atoms with Crippen LogP contribution in [0.5, 0.6) is 0 Å². The zero-order valence-electron chi connectivity index (χ0n) is 6.55. The Morgan fingerprint density at radius 2 is 1.33 bits per heavy atom. The van der Waals surface area contributed by atoms with Gasteiger partial charge in [-0.25, -0.2) is 0 Å². The largest absolute Gasteiger partial charge is 0.668 e. The van der Waals surface area contributed by atoms with Crippen LogP contribution >= 0.6 is 0 Å². The van der Waals surface area contributed by atoms with Crippen LogP contribution in [0.25, 0.3) is 0 Å². The Morgan fingerprint density at radius 1 is 1.00 bits per heavy atom. The molecule has 0 spiro atoms. The van der Waals surface area contributed by atoms with E-state index < -0.39 is 0 Å². The van der Waals surface area contributed by atoms with E-state index in [1.807, 2.05) is 27.7 Å². The third kappa shape index (κ3) is 8.45. The summed E-state index contributed by atoms with van der Waals surface area (Å²) in [6, 6.07) is 0. The van der Waals surface area contributed by atoms with Crippen molar-refractivity contribution in [2.45, 2.75) is 39.9 Å². The van der Waals surface area contributed by atoms with E-state index in [1.54, 1.807) is 0 Å². The highest BCUT2D eigenvalue weighted by molar-refractivity contribution is 6.18. The lowest BCUT2D eigenvalue weighted by atomic mass is 10.5. The molecule has 0 atom stereocenters. The first-order valence-electron chi connectivity index (χ1n) is 3.25. The molecular formula is C6H16AlO2. The maximum Gasteiger partial charge on any atom is 0.668 e. The lowest BCUT2D eigenvalue weighted by Crippen LogP contribution is -2.14. The molecule has 0 aliphatic rings. The Hall–Kier alpha value is 0.452. The second kappa shape index (κ2) is 5.25. The second-order valence-corrected chi connectivity index (χ2v) is 3.20. The number of hydrogen-bond acceptors (Lipinski definition) is 2. The van der Waals surface area contributed by atoms with Gasteiger partial charge in [0.25, 0.3) is 0 Å². The summed E-state index contributed by atoms with van der Waals surface area (Å²) in [5.74, 6) is 0. The van der Waals surface area contributed by atoms with Gasteiger partial charge in [0.05, 0.1) is 0 Å². The van der Waals surface area contributed by atoms with E-state index in [9.17, 15) is 0 Å². The van der Waals surface area contributed by atoms with Crippen molar-refractivity contribution in [1.29, 1.82) is 0 Å². The molecule has 1 radical (unpaired) electrons. The van der Waals surface area contributed by atoms with Crippen LogP contribution in [0, 0.1) is 0 Å². The van der Waals surface area contributed by atoms with Gasteiger partial charge in [0, 0.05) is 13.6 Å². The van der Waals surface area contributed by atoms with Gasteiger partial charge >= 0.3 is 15.9 Å². The molecule has 0 amide bonds. The SMILES string of the molecule is CC(C)[O][Al][O]C(C)C.[HH]. The van der Waals surface area contributed by atoms with Crippen LogP contribution in [0.3, 0.4) is 0 Å². The zero-order valence-corrected chi connectivity index (χ0v) is 7.70. The van der Waals surface area contributed by atoms with Gasteiger partial charge < -0.3 is 7.58 Å². The van der Waals surface area contributed by atoms with Crippen LogP contribution < -0.4 is 0 Å². The third-order valence-electron chi connectivity index (χ3n) is 0.655. The lowest BCUT2D eigenvalue weighted by Gasteiger charge is -2.09. The number of rotatable bonds is 4. The summed E-state index contributed by atoms with van der Waals surface area (Å²) in [5, 5.41) is 0. The smallest absolute Gasteiger partial charge is 0.482 e. The van der Waals surface area contributed by atoms with Crippen LogP contribution in [0.1, 0.15) is 29.1 Å². The Kier molecular flexibility index (Phi) is 5.52. The molecule has 0 saturated heterocycles. The van der Waals surface area contributed by atoms with Crippen molar-refractivity contribution in [1.82, 2.24) is 0 Å². The normalized spacial score (nSPS) is 10.9.